The summed E-state index contributed by atoms with van der Waals surface area (Å²) in [6, 6.07) is 9.07. The van der Waals surface area contributed by atoms with Gasteiger partial charge in [0.15, 0.2) is 0 Å². The van der Waals surface area contributed by atoms with Crippen molar-refractivity contribution in [3.8, 4) is 11.8 Å². The van der Waals surface area contributed by atoms with Gasteiger partial charge in [0.1, 0.15) is 12.3 Å². The topological polar surface area (TPSA) is 99.5 Å². The smallest absolute Gasteiger partial charge is 0.416 e. The van der Waals surface area contributed by atoms with E-state index in [1.165, 1.54) is 25.3 Å². The van der Waals surface area contributed by atoms with Gasteiger partial charge in [-0.15, -0.1) is 0 Å². The zero-order valence-corrected chi connectivity index (χ0v) is 15.8. The van der Waals surface area contributed by atoms with Gasteiger partial charge in [-0.1, -0.05) is 6.07 Å². The summed E-state index contributed by atoms with van der Waals surface area (Å²) in [7, 11) is -2.74. The lowest BCUT2D eigenvalue weighted by Crippen LogP contribution is -2.29. The first-order valence-electron chi connectivity index (χ1n) is 8.15. The molecule has 3 rings (SSSR count). The van der Waals surface area contributed by atoms with Crippen molar-refractivity contribution in [1.82, 2.24) is 4.72 Å². The molecule has 1 fully saturated rings. The summed E-state index contributed by atoms with van der Waals surface area (Å²) in [6.07, 6.45) is -4.55. The fraction of sp³-hybridized carbons (Fsp3) is 0.222. The third-order valence-electron chi connectivity index (χ3n) is 4.28. The molecule has 152 valence electrons. The van der Waals surface area contributed by atoms with E-state index in [-0.39, 0.29) is 29.0 Å². The molecule has 1 heterocycles. The van der Waals surface area contributed by atoms with E-state index in [9.17, 15) is 31.6 Å². The highest BCUT2D eigenvalue weighted by Gasteiger charge is 2.35. The summed E-state index contributed by atoms with van der Waals surface area (Å²) in [4.78, 5) is 11.4. The molecule has 0 aliphatic carbocycles. The number of hydrogen-bond acceptors (Lipinski definition) is 5. The van der Waals surface area contributed by atoms with E-state index in [0.29, 0.717) is 5.56 Å². The Morgan fingerprint density at radius 3 is 2.52 bits per heavy atom. The number of methoxy groups -OCH3 is 1. The second-order valence-corrected chi connectivity index (χ2v) is 7.80. The predicted molar refractivity (Wildman–Crippen MR) is 96.4 cm³/mol. The van der Waals surface area contributed by atoms with Crippen LogP contribution in [0.2, 0.25) is 0 Å². The van der Waals surface area contributed by atoms with Crippen molar-refractivity contribution in [3.05, 3.63) is 58.7 Å². The van der Waals surface area contributed by atoms with Crippen molar-refractivity contribution >= 4 is 21.8 Å². The van der Waals surface area contributed by atoms with Gasteiger partial charge < -0.3 is 4.74 Å². The highest BCUT2D eigenvalue weighted by Crippen LogP contribution is 2.34. The van der Waals surface area contributed by atoms with Crippen molar-refractivity contribution in [3.63, 3.8) is 0 Å². The van der Waals surface area contributed by atoms with Crippen LogP contribution in [0.5, 0.6) is 5.75 Å². The van der Waals surface area contributed by atoms with E-state index in [4.69, 9.17) is 4.74 Å². The van der Waals surface area contributed by atoms with Crippen molar-refractivity contribution in [2.45, 2.75) is 12.6 Å². The Balaban J connectivity index is 1.98. The van der Waals surface area contributed by atoms with Crippen LogP contribution in [-0.4, -0.2) is 28.0 Å². The molecule has 0 saturated carbocycles. The van der Waals surface area contributed by atoms with Gasteiger partial charge in [-0.05, 0) is 47.9 Å². The lowest BCUT2D eigenvalue weighted by molar-refractivity contribution is -0.137. The number of halogens is 3. The molecule has 0 spiro atoms. The number of benzene rings is 2. The van der Waals surface area contributed by atoms with Gasteiger partial charge in [0.2, 0.25) is 0 Å². The van der Waals surface area contributed by atoms with E-state index in [1.807, 2.05) is 10.8 Å². The highest BCUT2D eigenvalue weighted by atomic mass is 32.2. The fourth-order valence-electron chi connectivity index (χ4n) is 2.94. The summed E-state index contributed by atoms with van der Waals surface area (Å²) >= 11 is 0. The van der Waals surface area contributed by atoms with E-state index in [1.54, 1.807) is 0 Å². The Hall–Kier alpha value is -3.26. The minimum Gasteiger partial charge on any atom is -0.495 e. The van der Waals surface area contributed by atoms with Crippen molar-refractivity contribution in [1.29, 1.82) is 5.26 Å². The molecule has 29 heavy (non-hydrogen) atoms. The number of nitrogens with one attached hydrogen (secondary N) is 1. The maximum atomic E-state index is 13.0. The molecule has 2 aromatic rings. The molecule has 7 nitrogen and oxygen atoms in total. The van der Waals surface area contributed by atoms with Crippen LogP contribution in [0.15, 0.2) is 36.4 Å². The third-order valence-corrected chi connectivity index (χ3v) is 5.67. The first kappa shape index (κ1) is 20.5. The highest BCUT2D eigenvalue weighted by molar-refractivity contribution is 7.92. The quantitative estimate of drug-likeness (QED) is 0.811. The summed E-state index contributed by atoms with van der Waals surface area (Å²) < 4.78 is 70.9. The van der Waals surface area contributed by atoms with Crippen molar-refractivity contribution < 1.29 is 31.1 Å². The molecule has 1 aliphatic heterocycles. The van der Waals surface area contributed by atoms with Crippen LogP contribution in [0.1, 0.15) is 22.3 Å². The Kier molecular flexibility index (Phi) is 5.15. The molecule has 0 radical (unpaired) electrons. The second kappa shape index (κ2) is 7.29. The number of ether oxygens (including phenoxy) is 1. The molecule has 11 heteroatoms. The van der Waals surface area contributed by atoms with Crippen molar-refractivity contribution in [2.24, 2.45) is 0 Å². The van der Waals surface area contributed by atoms with Gasteiger partial charge in [-0.25, -0.2) is 9.03 Å². The first-order valence-corrected chi connectivity index (χ1v) is 9.59. The zero-order valence-electron chi connectivity index (χ0n) is 14.9. The van der Waals surface area contributed by atoms with Crippen LogP contribution in [0, 0.1) is 11.3 Å². The standard InChI is InChI=1S/C18H14F3N3O4S/c1-28-16-7-11(2-5-15(16)24-10-17(25)23-29(24,26)27)6-13-8-14(18(19,20)21)4-3-12(13)9-22/h2-5,7-8H,6,10H2,1H3,(H,23,25). The molecular formula is C18H14F3N3O4S. The largest absolute Gasteiger partial charge is 0.495 e. The van der Waals surface area contributed by atoms with E-state index >= 15 is 0 Å². The number of carbonyl (C=O) groups is 1. The van der Waals surface area contributed by atoms with Crippen molar-refractivity contribution in [2.75, 3.05) is 18.0 Å². The summed E-state index contributed by atoms with van der Waals surface area (Å²) in [5.74, 6) is -0.577. The van der Waals surface area contributed by atoms with Crippen LogP contribution < -0.4 is 13.8 Å². The second-order valence-electron chi connectivity index (χ2n) is 6.20. The van der Waals surface area contributed by atoms with Gasteiger partial charge in [-0.3, -0.25) is 4.79 Å². The monoisotopic (exact) mass is 425 g/mol. The Morgan fingerprint density at radius 2 is 1.97 bits per heavy atom. The fourth-order valence-corrected chi connectivity index (χ4v) is 4.10. The number of nitrogens with zero attached hydrogens (tertiary/aromatic N) is 2. The van der Waals surface area contributed by atoms with Crippen LogP contribution in [0.4, 0.5) is 18.9 Å². The molecule has 0 atom stereocenters. The first-order chi connectivity index (χ1) is 13.5. The zero-order chi connectivity index (χ0) is 21.4. The molecule has 2 aromatic carbocycles. The van der Waals surface area contributed by atoms with Gasteiger partial charge in [0.25, 0.3) is 5.91 Å². The normalized spacial score (nSPS) is 15.7. The number of anilines is 1. The number of nitriles is 1. The number of alkyl halides is 3. The average molecular weight is 425 g/mol. The molecule has 1 saturated heterocycles. The molecular weight excluding hydrogens is 411 g/mol. The number of rotatable bonds is 4. The molecule has 1 aliphatic rings. The Labute approximate surface area is 164 Å². The molecule has 0 aromatic heterocycles. The maximum Gasteiger partial charge on any atom is 0.416 e. The summed E-state index contributed by atoms with van der Waals surface area (Å²) in [5.41, 5.74) is 0.0000123. The number of carbonyl (C=O) groups excluding carboxylic acids is 1. The van der Waals surface area contributed by atoms with Crippen LogP contribution >= 0.6 is 0 Å². The van der Waals surface area contributed by atoms with E-state index in [2.05, 4.69) is 0 Å². The van der Waals surface area contributed by atoms with E-state index in [0.717, 1.165) is 22.5 Å². The molecule has 0 bridgehead atoms. The third kappa shape index (κ3) is 4.12. The maximum absolute atomic E-state index is 13.0. The van der Waals surface area contributed by atoms with Gasteiger partial charge in [0, 0.05) is 0 Å². The van der Waals surface area contributed by atoms with E-state index < -0.39 is 34.4 Å². The van der Waals surface area contributed by atoms with Gasteiger partial charge in [-0.2, -0.15) is 26.9 Å². The lowest BCUT2D eigenvalue weighted by Gasteiger charge is -2.19. The minimum absolute atomic E-state index is 0.00656. The lowest BCUT2D eigenvalue weighted by atomic mass is 9.97. The minimum atomic E-state index is -4.55. The summed E-state index contributed by atoms with van der Waals surface area (Å²) in [6.45, 7) is -0.412. The van der Waals surface area contributed by atoms with Gasteiger partial charge >= 0.3 is 16.4 Å². The summed E-state index contributed by atoms with van der Waals surface area (Å²) in [5, 5.41) is 9.19. The molecule has 1 N–H and O–H groups in total. The van der Waals surface area contributed by atoms with Gasteiger partial charge in [0.05, 0.1) is 30.0 Å². The number of hydrogen-bond donors (Lipinski definition) is 1. The average Bonchev–Trinajstić information content (AvgIpc) is 2.92. The van der Waals surface area contributed by atoms with Crippen LogP contribution in [0.3, 0.4) is 0 Å². The Bertz CT molecular complexity index is 1120. The SMILES string of the molecule is COc1cc(Cc2cc(C(F)(F)F)ccc2C#N)ccc1N1CC(=O)NS1(=O)=O. The molecule has 0 unspecified atom stereocenters. The van der Waals surface area contributed by atoms with Crippen LogP contribution in [0.25, 0.3) is 0 Å². The Morgan fingerprint density at radius 1 is 1.24 bits per heavy atom. The van der Waals surface area contributed by atoms with Crippen LogP contribution in [-0.2, 0) is 27.6 Å². The molecule has 1 amide bonds. The number of amides is 1. The predicted octanol–water partition coefficient (Wildman–Crippen LogP) is 2.36.